The van der Waals surface area contributed by atoms with Gasteiger partial charge in [0.15, 0.2) is 0 Å². The van der Waals surface area contributed by atoms with Gasteiger partial charge in [-0.1, -0.05) is 6.07 Å². The average molecular weight is 334 g/mol. The van der Waals surface area contributed by atoms with E-state index in [1.165, 1.54) is 0 Å². The van der Waals surface area contributed by atoms with Crippen molar-refractivity contribution in [1.29, 1.82) is 0 Å². The third kappa shape index (κ3) is 3.67. The van der Waals surface area contributed by atoms with Crippen LogP contribution in [-0.2, 0) is 9.53 Å². The quantitative estimate of drug-likeness (QED) is 0.794. The van der Waals surface area contributed by atoms with Gasteiger partial charge in [-0.3, -0.25) is 4.79 Å². The molecule has 1 aromatic heterocycles. The van der Waals surface area contributed by atoms with Gasteiger partial charge in [-0.25, -0.2) is 0 Å². The Bertz CT molecular complexity index is 547. The number of nitrogens with zero attached hydrogens (tertiary/aromatic N) is 2. The van der Waals surface area contributed by atoms with Gasteiger partial charge in [-0.2, -0.15) is 0 Å². The molecule has 1 aromatic rings. The van der Waals surface area contributed by atoms with Crippen LogP contribution in [0.2, 0.25) is 0 Å². The van der Waals surface area contributed by atoms with Crippen LogP contribution in [0.25, 0.3) is 6.08 Å². The molecule has 23 heavy (non-hydrogen) atoms. The lowest BCUT2D eigenvalue weighted by Crippen LogP contribution is -2.46. The summed E-state index contributed by atoms with van der Waals surface area (Å²) in [4.78, 5) is 17.9. The SMILES string of the molecule is COC[C@@H]1CN(C)CC12CCN(C(=O)/C=C/c1cccs1)CC2. The van der Waals surface area contributed by atoms with E-state index in [0.29, 0.717) is 11.3 Å². The van der Waals surface area contributed by atoms with Gasteiger partial charge in [-0.05, 0) is 42.8 Å². The van der Waals surface area contributed by atoms with Crippen LogP contribution >= 0.6 is 11.3 Å². The minimum absolute atomic E-state index is 0.142. The molecule has 126 valence electrons. The van der Waals surface area contributed by atoms with Gasteiger partial charge >= 0.3 is 0 Å². The van der Waals surface area contributed by atoms with E-state index in [1.54, 1.807) is 24.5 Å². The van der Waals surface area contributed by atoms with E-state index in [4.69, 9.17) is 4.74 Å². The van der Waals surface area contributed by atoms with Crippen molar-refractivity contribution in [3.8, 4) is 0 Å². The number of likely N-dealkylation sites (tertiary alicyclic amines) is 2. The van der Waals surface area contributed by atoms with E-state index in [-0.39, 0.29) is 5.91 Å². The number of methoxy groups -OCH3 is 1. The molecule has 3 heterocycles. The fraction of sp³-hybridized carbons (Fsp3) is 0.611. The number of carbonyl (C=O) groups is 1. The van der Waals surface area contributed by atoms with Crippen LogP contribution in [0.4, 0.5) is 0 Å². The van der Waals surface area contributed by atoms with Gasteiger partial charge < -0.3 is 14.5 Å². The van der Waals surface area contributed by atoms with Gasteiger partial charge in [0, 0.05) is 50.2 Å². The van der Waals surface area contributed by atoms with Crippen molar-refractivity contribution in [2.75, 3.05) is 46.9 Å². The molecule has 2 saturated heterocycles. The molecule has 0 aliphatic carbocycles. The largest absolute Gasteiger partial charge is 0.384 e. The fourth-order valence-corrected chi connectivity index (χ4v) is 4.73. The molecule has 2 aliphatic rings. The molecule has 5 heteroatoms. The van der Waals surface area contributed by atoms with Crippen molar-refractivity contribution in [2.45, 2.75) is 12.8 Å². The van der Waals surface area contributed by atoms with Gasteiger partial charge in [0.2, 0.25) is 5.91 Å². The number of rotatable bonds is 4. The first kappa shape index (κ1) is 16.7. The van der Waals surface area contributed by atoms with Crippen LogP contribution in [0.1, 0.15) is 17.7 Å². The molecule has 1 amide bonds. The first-order valence-electron chi connectivity index (χ1n) is 8.31. The topological polar surface area (TPSA) is 32.8 Å². The van der Waals surface area contributed by atoms with Crippen LogP contribution in [0, 0.1) is 11.3 Å². The van der Waals surface area contributed by atoms with E-state index in [2.05, 4.69) is 11.9 Å². The molecule has 0 saturated carbocycles. The molecule has 4 nitrogen and oxygen atoms in total. The molecular formula is C18H26N2O2S. The van der Waals surface area contributed by atoms with Crippen molar-refractivity contribution in [3.05, 3.63) is 28.5 Å². The van der Waals surface area contributed by atoms with Crippen molar-refractivity contribution >= 4 is 23.3 Å². The molecule has 3 rings (SSSR count). The minimum Gasteiger partial charge on any atom is -0.384 e. The maximum atomic E-state index is 12.4. The zero-order valence-corrected chi connectivity index (χ0v) is 14.8. The van der Waals surface area contributed by atoms with Crippen molar-refractivity contribution in [3.63, 3.8) is 0 Å². The number of piperidine rings is 1. The fourth-order valence-electron chi connectivity index (χ4n) is 4.12. The van der Waals surface area contributed by atoms with E-state index < -0.39 is 0 Å². The molecule has 0 radical (unpaired) electrons. The third-order valence-corrected chi connectivity index (χ3v) is 6.19. The Kier molecular flexibility index (Phi) is 5.19. The van der Waals surface area contributed by atoms with E-state index >= 15 is 0 Å². The van der Waals surface area contributed by atoms with Gasteiger partial charge in [-0.15, -0.1) is 11.3 Å². The normalized spacial score (nSPS) is 24.8. The van der Waals surface area contributed by atoms with Gasteiger partial charge in [0.25, 0.3) is 0 Å². The molecule has 0 unspecified atom stereocenters. The first-order chi connectivity index (χ1) is 11.1. The maximum Gasteiger partial charge on any atom is 0.246 e. The molecule has 1 atom stereocenters. The Balaban J connectivity index is 1.58. The Morgan fingerprint density at radius 3 is 2.91 bits per heavy atom. The highest BCUT2D eigenvalue weighted by molar-refractivity contribution is 7.10. The van der Waals surface area contributed by atoms with Crippen LogP contribution in [0.3, 0.4) is 0 Å². The number of hydrogen-bond acceptors (Lipinski definition) is 4. The zero-order valence-electron chi connectivity index (χ0n) is 14.0. The standard InChI is InChI=1S/C18H26N2O2S/c1-19-12-15(13-22-2)18(14-19)7-9-20(10-8-18)17(21)6-5-16-4-3-11-23-16/h3-6,11,15H,7-10,12-14H2,1-2H3/b6-5+/t15-/m0/s1. The Hall–Kier alpha value is -1.17. The molecular weight excluding hydrogens is 308 g/mol. The summed E-state index contributed by atoms with van der Waals surface area (Å²) in [6.45, 7) is 4.80. The van der Waals surface area contributed by atoms with Crippen molar-refractivity contribution < 1.29 is 9.53 Å². The highest BCUT2D eigenvalue weighted by atomic mass is 32.1. The number of ether oxygens (including phenoxy) is 1. The Labute approximate surface area is 142 Å². The first-order valence-corrected chi connectivity index (χ1v) is 9.19. The second kappa shape index (κ2) is 7.16. The van der Waals surface area contributed by atoms with Crippen LogP contribution in [0.5, 0.6) is 0 Å². The lowest BCUT2D eigenvalue weighted by molar-refractivity contribution is -0.128. The molecule has 0 N–H and O–H groups in total. The minimum atomic E-state index is 0.142. The number of thiophene rings is 1. The second-order valence-electron chi connectivity index (χ2n) is 6.89. The lowest BCUT2D eigenvalue weighted by atomic mass is 9.71. The number of amides is 1. The molecule has 2 fully saturated rings. The molecule has 2 aliphatic heterocycles. The summed E-state index contributed by atoms with van der Waals surface area (Å²) in [7, 11) is 3.98. The summed E-state index contributed by atoms with van der Waals surface area (Å²) in [5, 5.41) is 2.03. The molecule has 0 aromatic carbocycles. The van der Waals surface area contributed by atoms with Crippen molar-refractivity contribution in [1.82, 2.24) is 9.80 Å². The lowest BCUT2D eigenvalue weighted by Gasteiger charge is -2.42. The van der Waals surface area contributed by atoms with E-state index in [1.807, 2.05) is 28.5 Å². The molecule has 1 spiro atoms. The highest BCUT2D eigenvalue weighted by Gasteiger charge is 2.47. The average Bonchev–Trinajstić information content (AvgIpc) is 3.15. The van der Waals surface area contributed by atoms with Gasteiger partial charge in [0.1, 0.15) is 0 Å². The summed E-state index contributed by atoms with van der Waals surface area (Å²) >= 11 is 1.66. The zero-order chi connectivity index (χ0) is 16.3. The van der Waals surface area contributed by atoms with E-state index in [0.717, 1.165) is 50.5 Å². The predicted octanol–water partition coefficient (Wildman–Crippen LogP) is 2.58. The van der Waals surface area contributed by atoms with Gasteiger partial charge in [0.05, 0.1) is 6.61 Å². The summed E-state index contributed by atoms with van der Waals surface area (Å²) in [5.41, 5.74) is 0.332. The third-order valence-electron chi connectivity index (χ3n) is 5.36. The maximum absolute atomic E-state index is 12.4. The van der Waals surface area contributed by atoms with Crippen LogP contribution in [-0.4, -0.2) is 62.7 Å². The highest BCUT2D eigenvalue weighted by Crippen LogP contribution is 2.44. The Morgan fingerprint density at radius 2 is 2.26 bits per heavy atom. The smallest absolute Gasteiger partial charge is 0.246 e. The summed E-state index contributed by atoms with van der Waals surface area (Å²) in [5.74, 6) is 0.735. The van der Waals surface area contributed by atoms with E-state index in [9.17, 15) is 4.79 Å². The predicted molar refractivity (Wildman–Crippen MR) is 94.5 cm³/mol. The summed E-state index contributed by atoms with van der Waals surface area (Å²) < 4.78 is 5.44. The van der Waals surface area contributed by atoms with Crippen LogP contribution < -0.4 is 0 Å². The Morgan fingerprint density at radius 1 is 1.48 bits per heavy atom. The van der Waals surface area contributed by atoms with Crippen LogP contribution in [0.15, 0.2) is 23.6 Å². The second-order valence-corrected chi connectivity index (χ2v) is 7.86. The number of carbonyl (C=O) groups excluding carboxylic acids is 1. The summed E-state index contributed by atoms with van der Waals surface area (Å²) in [6, 6.07) is 4.04. The van der Waals surface area contributed by atoms with Crippen molar-refractivity contribution in [2.24, 2.45) is 11.3 Å². The summed E-state index contributed by atoms with van der Waals surface area (Å²) in [6.07, 6.45) is 5.82. The molecule has 0 bridgehead atoms. The monoisotopic (exact) mass is 334 g/mol. The number of hydrogen-bond donors (Lipinski definition) is 0.